The third-order valence-electron chi connectivity index (χ3n) is 3.18. The number of hydrogen-bond donors (Lipinski definition) is 1. The number of hydrogen-bond acceptors (Lipinski definition) is 2. The highest BCUT2D eigenvalue weighted by Gasteiger charge is 2.11. The minimum absolute atomic E-state index is 0.0925. The summed E-state index contributed by atoms with van der Waals surface area (Å²) in [6.07, 6.45) is 6.42. The summed E-state index contributed by atoms with van der Waals surface area (Å²) in [4.78, 5) is 0. The van der Waals surface area contributed by atoms with Crippen molar-refractivity contribution in [1.29, 1.82) is 0 Å². The topological polar surface area (TPSA) is 21.3 Å². The van der Waals surface area contributed by atoms with Gasteiger partial charge in [0, 0.05) is 18.2 Å². The van der Waals surface area contributed by atoms with E-state index in [2.05, 4.69) is 18.3 Å². The Morgan fingerprint density at radius 1 is 1.21 bits per heavy atom. The molecule has 0 aromatic heterocycles. The van der Waals surface area contributed by atoms with Gasteiger partial charge in [-0.1, -0.05) is 56.3 Å². The molecule has 0 fully saturated rings. The van der Waals surface area contributed by atoms with Crippen LogP contribution < -0.4 is 5.32 Å². The second-order valence-electron chi connectivity index (χ2n) is 4.89. The molecule has 1 aromatic carbocycles. The normalized spacial score (nSPS) is 12.6. The minimum Gasteiger partial charge on any atom is -0.372 e. The lowest BCUT2D eigenvalue weighted by atomic mass is 10.1. The first-order chi connectivity index (χ1) is 9.27. The molecule has 0 saturated heterocycles. The van der Waals surface area contributed by atoms with E-state index in [0.29, 0.717) is 0 Å². The number of rotatable bonds is 10. The number of nitrogens with one attached hydrogen (secondary N) is 1. The van der Waals surface area contributed by atoms with Crippen molar-refractivity contribution in [2.45, 2.75) is 45.1 Å². The van der Waals surface area contributed by atoms with Crippen LogP contribution in [-0.4, -0.2) is 20.2 Å². The molecular formula is C16H26ClNO. The first-order valence-electron chi connectivity index (χ1n) is 7.29. The molecule has 1 unspecified atom stereocenters. The summed E-state index contributed by atoms with van der Waals surface area (Å²) >= 11 is 6.03. The lowest BCUT2D eigenvalue weighted by molar-refractivity contribution is 0.0511. The average molecular weight is 284 g/mol. The summed E-state index contributed by atoms with van der Waals surface area (Å²) in [6.45, 7) is 3.87. The van der Waals surface area contributed by atoms with Crippen molar-refractivity contribution in [3.63, 3.8) is 0 Å². The molecule has 0 amide bonds. The summed E-state index contributed by atoms with van der Waals surface area (Å²) in [7, 11) is 1.95. The third kappa shape index (κ3) is 6.95. The molecule has 0 saturated carbocycles. The Kier molecular flexibility index (Phi) is 8.89. The Balaban J connectivity index is 2.36. The summed E-state index contributed by atoms with van der Waals surface area (Å²) in [5.41, 5.74) is 1.15. The summed E-state index contributed by atoms with van der Waals surface area (Å²) in [6, 6.07) is 7.93. The number of ether oxygens (including phenoxy) is 1. The van der Waals surface area contributed by atoms with E-state index in [9.17, 15) is 0 Å². The van der Waals surface area contributed by atoms with E-state index >= 15 is 0 Å². The number of unbranched alkanes of at least 4 members (excludes halogenated alkanes) is 4. The summed E-state index contributed by atoms with van der Waals surface area (Å²) in [5, 5.41) is 3.95. The molecule has 19 heavy (non-hydrogen) atoms. The van der Waals surface area contributed by atoms with Crippen molar-refractivity contribution in [2.75, 3.05) is 20.2 Å². The Labute approximate surface area is 122 Å². The van der Waals surface area contributed by atoms with E-state index in [-0.39, 0.29) is 6.10 Å². The first-order valence-corrected chi connectivity index (χ1v) is 7.67. The van der Waals surface area contributed by atoms with Crippen LogP contribution in [0.2, 0.25) is 5.02 Å². The smallest absolute Gasteiger partial charge is 0.0949 e. The molecule has 0 bridgehead atoms. The van der Waals surface area contributed by atoms with E-state index < -0.39 is 0 Å². The molecule has 1 aromatic rings. The predicted octanol–water partition coefficient (Wildman–Crippen LogP) is 4.59. The SMILES string of the molecule is CCCCCCCOC(CNC)c1cccc(Cl)c1. The van der Waals surface area contributed by atoms with Crippen molar-refractivity contribution in [3.05, 3.63) is 34.9 Å². The van der Waals surface area contributed by atoms with Gasteiger partial charge in [-0.3, -0.25) is 0 Å². The molecule has 1 rings (SSSR count). The lowest BCUT2D eigenvalue weighted by Crippen LogP contribution is -2.20. The van der Waals surface area contributed by atoms with Crippen LogP contribution in [0.1, 0.15) is 50.7 Å². The number of halogens is 1. The van der Waals surface area contributed by atoms with Gasteiger partial charge in [-0.25, -0.2) is 0 Å². The van der Waals surface area contributed by atoms with Gasteiger partial charge in [-0.05, 0) is 31.2 Å². The highest BCUT2D eigenvalue weighted by molar-refractivity contribution is 6.30. The van der Waals surface area contributed by atoms with Crippen LogP contribution in [-0.2, 0) is 4.74 Å². The standard InChI is InChI=1S/C16H26ClNO/c1-3-4-5-6-7-11-19-16(13-18-2)14-9-8-10-15(17)12-14/h8-10,12,16,18H,3-7,11,13H2,1-2H3. The molecule has 0 aliphatic heterocycles. The van der Waals surface area contributed by atoms with Gasteiger partial charge in [0.05, 0.1) is 6.10 Å². The Morgan fingerprint density at radius 3 is 2.68 bits per heavy atom. The van der Waals surface area contributed by atoms with Crippen molar-refractivity contribution in [3.8, 4) is 0 Å². The second-order valence-corrected chi connectivity index (χ2v) is 5.32. The molecule has 3 heteroatoms. The van der Waals surface area contributed by atoms with Gasteiger partial charge >= 0.3 is 0 Å². The Bertz CT molecular complexity index is 343. The van der Waals surface area contributed by atoms with Gasteiger partial charge in [-0.2, -0.15) is 0 Å². The highest BCUT2D eigenvalue weighted by Crippen LogP contribution is 2.21. The zero-order valence-corrected chi connectivity index (χ0v) is 12.9. The van der Waals surface area contributed by atoms with E-state index in [1.165, 1.54) is 25.7 Å². The molecule has 0 spiro atoms. The van der Waals surface area contributed by atoms with Crippen LogP contribution in [0.15, 0.2) is 24.3 Å². The van der Waals surface area contributed by atoms with Crippen molar-refractivity contribution in [1.82, 2.24) is 5.32 Å². The van der Waals surface area contributed by atoms with Gasteiger partial charge in [0.2, 0.25) is 0 Å². The van der Waals surface area contributed by atoms with E-state index in [4.69, 9.17) is 16.3 Å². The molecule has 2 nitrogen and oxygen atoms in total. The monoisotopic (exact) mass is 283 g/mol. The highest BCUT2D eigenvalue weighted by atomic mass is 35.5. The summed E-state index contributed by atoms with van der Waals surface area (Å²) in [5.74, 6) is 0. The first kappa shape index (κ1) is 16.5. The van der Waals surface area contributed by atoms with Gasteiger partial charge in [0.1, 0.15) is 0 Å². The number of likely N-dealkylation sites (N-methyl/N-ethyl adjacent to an activating group) is 1. The fourth-order valence-corrected chi connectivity index (χ4v) is 2.30. The van der Waals surface area contributed by atoms with Gasteiger partial charge in [0.15, 0.2) is 0 Å². The van der Waals surface area contributed by atoms with Crippen LogP contribution >= 0.6 is 11.6 Å². The van der Waals surface area contributed by atoms with Gasteiger partial charge in [-0.15, -0.1) is 0 Å². The van der Waals surface area contributed by atoms with E-state index in [0.717, 1.165) is 30.2 Å². The van der Waals surface area contributed by atoms with Crippen LogP contribution in [0, 0.1) is 0 Å². The number of benzene rings is 1. The third-order valence-corrected chi connectivity index (χ3v) is 3.41. The van der Waals surface area contributed by atoms with Crippen molar-refractivity contribution >= 4 is 11.6 Å². The Morgan fingerprint density at radius 2 is 2.00 bits per heavy atom. The maximum Gasteiger partial charge on any atom is 0.0949 e. The van der Waals surface area contributed by atoms with Crippen LogP contribution in [0.3, 0.4) is 0 Å². The second kappa shape index (κ2) is 10.2. The molecule has 1 N–H and O–H groups in total. The maximum absolute atomic E-state index is 6.03. The fraction of sp³-hybridized carbons (Fsp3) is 0.625. The van der Waals surface area contributed by atoms with Crippen LogP contribution in [0.5, 0.6) is 0 Å². The van der Waals surface area contributed by atoms with E-state index in [1.54, 1.807) is 0 Å². The molecule has 0 heterocycles. The molecular weight excluding hydrogens is 258 g/mol. The summed E-state index contributed by atoms with van der Waals surface area (Å²) < 4.78 is 5.98. The van der Waals surface area contributed by atoms with Crippen LogP contribution in [0.4, 0.5) is 0 Å². The lowest BCUT2D eigenvalue weighted by Gasteiger charge is -2.18. The van der Waals surface area contributed by atoms with Crippen LogP contribution in [0.25, 0.3) is 0 Å². The predicted molar refractivity (Wildman–Crippen MR) is 82.8 cm³/mol. The van der Waals surface area contributed by atoms with Gasteiger partial charge in [0.25, 0.3) is 0 Å². The molecule has 0 radical (unpaired) electrons. The van der Waals surface area contributed by atoms with Gasteiger partial charge < -0.3 is 10.1 Å². The molecule has 1 atom stereocenters. The van der Waals surface area contributed by atoms with E-state index in [1.807, 2.05) is 25.2 Å². The Hall–Kier alpha value is -0.570. The molecule has 0 aliphatic rings. The van der Waals surface area contributed by atoms with Crippen molar-refractivity contribution in [2.24, 2.45) is 0 Å². The average Bonchev–Trinajstić information content (AvgIpc) is 2.41. The zero-order valence-electron chi connectivity index (χ0n) is 12.1. The molecule has 108 valence electrons. The van der Waals surface area contributed by atoms with Crippen molar-refractivity contribution < 1.29 is 4.74 Å². The zero-order chi connectivity index (χ0) is 13.9. The maximum atomic E-state index is 6.03. The molecule has 0 aliphatic carbocycles. The largest absolute Gasteiger partial charge is 0.372 e. The fourth-order valence-electron chi connectivity index (χ4n) is 2.10. The quantitative estimate of drug-likeness (QED) is 0.634. The minimum atomic E-state index is 0.0925.